The largest absolute Gasteiger partial charge is 0.497 e. The number of nitrogens with zero attached hydrogens (tertiary/aromatic N) is 1. The third-order valence-electron chi connectivity index (χ3n) is 3.79. The van der Waals surface area contributed by atoms with Crippen LogP contribution in [0.15, 0.2) is 22.7 Å². The minimum absolute atomic E-state index is 0.124. The van der Waals surface area contributed by atoms with Crippen molar-refractivity contribution in [2.24, 2.45) is 0 Å². The van der Waals surface area contributed by atoms with Gasteiger partial charge in [0.15, 0.2) is 0 Å². The zero-order valence-electron chi connectivity index (χ0n) is 12.4. The molecule has 1 atom stereocenters. The van der Waals surface area contributed by atoms with Crippen molar-refractivity contribution >= 4 is 27.3 Å². The van der Waals surface area contributed by atoms with Gasteiger partial charge in [-0.25, -0.2) is 4.98 Å². The number of ether oxygens (including phenoxy) is 1. The van der Waals surface area contributed by atoms with Crippen LogP contribution in [0, 0.1) is 13.8 Å². The number of hydrogen-bond donors (Lipinski definition) is 1. The van der Waals surface area contributed by atoms with Gasteiger partial charge in [0.05, 0.1) is 18.8 Å². The quantitative estimate of drug-likeness (QED) is 0.852. The molecule has 0 radical (unpaired) electrons. The van der Waals surface area contributed by atoms with Crippen LogP contribution in [0.25, 0.3) is 0 Å². The SMILES string of the molecule is COc1ccc(Br)c(C(NC2CC2)c2nc(C)c(C)s2)c1. The van der Waals surface area contributed by atoms with Gasteiger partial charge in [-0.05, 0) is 50.5 Å². The first-order valence-corrected chi connectivity index (χ1v) is 8.73. The zero-order chi connectivity index (χ0) is 15.0. The third-order valence-corrected chi connectivity index (χ3v) is 5.65. The van der Waals surface area contributed by atoms with Gasteiger partial charge in [-0.15, -0.1) is 11.3 Å². The molecule has 1 heterocycles. The van der Waals surface area contributed by atoms with E-state index >= 15 is 0 Å². The molecule has 0 saturated heterocycles. The second-order valence-corrected chi connectivity index (χ2v) is 7.54. The van der Waals surface area contributed by atoms with Gasteiger partial charge >= 0.3 is 0 Å². The van der Waals surface area contributed by atoms with Crippen LogP contribution < -0.4 is 10.1 Å². The van der Waals surface area contributed by atoms with Gasteiger partial charge < -0.3 is 10.1 Å². The smallest absolute Gasteiger partial charge is 0.119 e. The van der Waals surface area contributed by atoms with Gasteiger partial charge in [0.2, 0.25) is 0 Å². The molecule has 1 saturated carbocycles. The van der Waals surface area contributed by atoms with E-state index in [0.717, 1.165) is 20.9 Å². The molecule has 1 aromatic heterocycles. The molecule has 0 bridgehead atoms. The number of benzene rings is 1. The van der Waals surface area contributed by atoms with Gasteiger partial charge in [-0.1, -0.05) is 15.9 Å². The number of nitrogens with one attached hydrogen (secondary N) is 1. The molecule has 1 N–H and O–H groups in total. The summed E-state index contributed by atoms with van der Waals surface area (Å²) in [4.78, 5) is 6.04. The molecule has 112 valence electrons. The minimum atomic E-state index is 0.124. The maximum absolute atomic E-state index is 5.38. The third kappa shape index (κ3) is 3.30. The van der Waals surface area contributed by atoms with Crippen molar-refractivity contribution in [1.29, 1.82) is 0 Å². The first-order valence-electron chi connectivity index (χ1n) is 7.12. The molecule has 1 aliphatic rings. The monoisotopic (exact) mass is 366 g/mol. The van der Waals surface area contributed by atoms with E-state index in [1.165, 1.54) is 23.3 Å². The fraction of sp³-hybridized carbons (Fsp3) is 0.438. The van der Waals surface area contributed by atoms with E-state index in [1.807, 2.05) is 12.1 Å². The Kier molecular flexibility index (Phi) is 4.33. The number of hydrogen-bond acceptors (Lipinski definition) is 4. The van der Waals surface area contributed by atoms with Crippen molar-refractivity contribution in [2.45, 2.75) is 38.8 Å². The van der Waals surface area contributed by atoms with Crippen LogP contribution in [-0.2, 0) is 0 Å². The van der Waals surface area contributed by atoms with E-state index in [1.54, 1.807) is 18.4 Å². The average molecular weight is 367 g/mol. The topological polar surface area (TPSA) is 34.1 Å². The molecule has 3 nitrogen and oxygen atoms in total. The van der Waals surface area contributed by atoms with Crippen LogP contribution >= 0.6 is 27.3 Å². The Hall–Kier alpha value is -0.910. The number of aromatic nitrogens is 1. The lowest BCUT2D eigenvalue weighted by Gasteiger charge is -2.19. The van der Waals surface area contributed by atoms with Gasteiger partial charge in [0.1, 0.15) is 10.8 Å². The summed E-state index contributed by atoms with van der Waals surface area (Å²) in [7, 11) is 1.70. The van der Waals surface area contributed by atoms with Crippen LogP contribution in [0.4, 0.5) is 0 Å². The van der Waals surface area contributed by atoms with E-state index in [9.17, 15) is 0 Å². The highest BCUT2D eigenvalue weighted by Gasteiger charge is 2.29. The van der Waals surface area contributed by atoms with E-state index in [4.69, 9.17) is 9.72 Å². The maximum Gasteiger partial charge on any atom is 0.119 e. The fourth-order valence-corrected chi connectivity index (χ4v) is 3.75. The van der Waals surface area contributed by atoms with Gasteiger partial charge in [0, 0.05) is 15.4 Å². The van der Waals surface area contributed by atoms with Crippen LogP contribution in [0.3, 0.4) is 0 Å². The van der Waals surface area contributed by atoms with Crippen molar-refractivity contribution < 1.29 is 4.74 Å². The lowest BCUT2D eigenvalue weighted by atomic mass is 10.1. The highest BCUT2D eigenvalue weighted by atomic mass is 79.9. The predicted molar refractivity (Wildman–Crippen MR) is 90.3 cm³/mol. The Balaban J connectivity index is 2.02. The van der Waals surface area contributed by atoms with Crippen molar-refractivity contribution in [1.82, 2.24) is 10.3 Å². The number of thiazole rings is 1. The Bertz CT molecular complexity index is 632. The maximum atomic E-state index is 5.38. The average Bonchev–Trinajstić information content (AvgIpc) is 3.23. The predicted octanol–water partition coefficient (Wildman–Crippen LogP) is 4.37. The molecule has 1 aromatic carbocycles. The number of halogens is 1. The Morgan fingerprint density at radius 2 is 2.14 bits per heavy atom. The van der Waals surface area contributed by atoms with E-state index in [-0.39, 0.29) is 6.04 Å². The zero-order valence-corrected chi connectivity index (χ0v) is 14.8. The summed E-state index contributed by atoms with van der Waals surface area (Å²) in [6, 6.07) is 6.84. The summed E-state index contributed by atoms with van der Waals surface area (Å²) in [6.07, 6.45) is 2.50. The summed E-state index contributed by atoms with van der Waals surface area (Å²) in [5.41, 5.74) is 2.31. The molecular weight excluding hydrogens is 348 g/mol. The van der Waals surface area contributed by atoms with Crippen molar-refractivity contribution in [3.05, 3.63) is 43.8 Å². The minimum Gasteiger partial charge on any atom is -0.497 e. The standard InChI is InChI=1S/C16H19BrN2OS/c1-9-10(2)21-16(18-9)15(19-11-4-5-11)13-8-12(20-3)6-7-14(13)17/h6-8,11,15,19H,4-5H2,1-3H3. The van der Waals surface area contributed by atoms with E-state index in [0.29, 0.717) is 6.04 Å². The summed E-state index contributed by atoms with van der Waals surface area (Å²) in [5, 5.41) is 4.85. The van der Waals surface area contributed by atoms with Crippen LogP contribution in [0.1, 0.15) is 40.0 Å². The summed E-state index contributed by atoms with van der Waals surface area (Å²) in [6.45, 7) is 4.20. The van der Waals surface area contributed by atoms with E-state index in [2.05, 4.69) is 41.2 Å². The Morgan fingerprint density at radius 1 is 1.38 bits per heavy atom. The van der Waals surface area contributed by atoms with Crippen molar-refractivity contribution in [2.75, 3.05) is 7.11 Å². The number of methoxy groups -OCH3 is 1. The highest BCUT2D eigenvalue weighted by molar-refractivity contribution is 9.10. The van der Waals surface area contributed by atoms with Gasteiger partial charge in [-0.2, -0.15) is 0 Å². The molecule has 2 aromatic rings. The second-order valence-electron chi connectivity index (χ2n) is 5.46. The molecular formula is C16H19BrN2OS. The molecule has 0 spiro atoms. The highest BCUT2D eigenvalue weighted by Crippen LogP contribution is 2.36. The van der Waals surface area contributed by atoms with Gasteiger partial charge in [-0.3, -0.25) is 0 Å². The molecule has 0 amide bonds. The lowest BCUT2D eigenvalue weighted by Crippen LogP contribution is -2.24. The Labute approximate surface area is 137 Å². The Morgan fingerprint density at radius 3 is 2.71 bits per heavy atom. The fourth-order valence-electron chi connectivity index (χ4n) is 2.27. The van der Waals surface area contributed by atoms with Gasteiger partial charge in [0.25, 0.3) is 0 Å². The molecule has 3 rings (SSSR count). The molecule has 1 aliphatic carbocycles. The second kappa shape index (κ2) is 6.07. The number of rotatable bonds is 5. The lowest BCUT2D eigenvalue weighted by molar-refractivity contribution is 0.413. The summed E-state index contributed by atoms with van der Waals surface area (Å²) >= 11 is 5.45. The first-order chi connectivity index (χ1) is 10.1. The molecule has 1 unspecified atom stereocenters. The number of aryl methyl sites for hydroxylation is 2. The summed E-state index contributed by atoms with van der Waals surface area (Å²) < 4.78 is 6.47. The molecule has 21 heavy (non-hydrogen) atoms. The molecule has 0 aliphatic heterocycles. The van der Waals surface area contributed by atoms with E-state index < -0.39 is 0 Å². The summed E-state index contributed by atoms with van der Waals surface area (Å²) in [5.74, 6) is 0.876. The van der Waals surface area contributed by atoms with Crippen LogP contribution in [0.2, 0.25) is 0 Å². The molecule has 1 fully saturated rings. The molecule has 5 heteroatoms. The normalized spacial score (nSPS) is 16.0. The first kappa shape index (κ1) is 15.0. The van der Waals surface area contributed by atoms with Crippen molar-refractivity contribution in [3.63, 3.8) is 0 Å². The van der Waals surface area contributed by atoms with Crippen molar-refractivity contribution in [3.8, 4) is 5.75 Å². The van der Waals surface area contributed by atoms with Crippen LogP contribution in [0.5, 0.6) is 5.75 Å². The van der Waals surface area contributed by atoms with Crippen LogP contribution in [-0.4, -0.2) is 18.1 Å².